The van der Waals surface area contributed by atoms with Gasteiger partial charge in [-0.2, -0.15) is 0 Å². The molecule has 0 aliphatic heterocycles. The Labute approximate surface area is 104 Å². The maximum atomic E-state index is 10.8. The molecule has 0 aliphatic rings. The summed E-state index contributed by atoms with van der Waals surface area (Å²) in [7, 11) is 0. The summed E-state index contributed by atoms with van der Waals surface area (Å²) < 4.78 is 0. The Morgan fingerprint density at radius 2 is 1.94 bits per heavy atom. The molecular weight excluding hydrogens is 240 g/mol. The first-order chi connectivity index (χ1) is 8.00. The minimum atomic E-state index is -1.16. The van der Waals surface area contributed by atoms with Crippen LogP contribution in [0.4, 0.5) is 5.69 Å². The van der Waals surface area contributed by atoms with Crippen LogP contribution >= 0.6 is 12.2 Å². The predicted molar refractivity (Wildman–Crippen MR) is 68.9 cm³/mol. The molecule has 0 bridgehead atoms. The Hall–Kier alpha value is -1.66. The zero-order valence-corrected chi connectivity index (χ0v) is 10.1. The van der Waals surface area contributed by atoms with E-state index in [0.717, 1.165) is 5.69 Å². The number of carboxylic acid groups (broad SMARTS) is 1. The van der Waals surface area contributed by atoms with Crippen LogP contribution in [0.15, 0.2) is 30.3 Å². The van der Waals surface area contributed by atoms with Crippen molar-refractivity contribution < 1.29 is 15.0 Å². The van der Waals surface area contributed by atoms with Gasteiger partial charge in [0.15, 0.2) is 11.2 Å². The normalized spacial score (nSPS) is 13.5. The van der Waals surface area contributed by atoms with E-state index in [1.54, 1.807) is 12.1 Å². The van der Waals surface area contributed by atoms with E-state index in [1.165, 1.54) is 6.92 Å². The molecule has 4 N–H and O–H groups in total. The van der Waals surface area contributed by atoms with Gasteiger partial charge in [-0.25, -0.2) is 4.79 Å². The molecule has 0 unspecified atom stereocenters. The number of aliphatic hydroxyl groups excluding tert-OH is 1. The first-order valence-corrected chi connectivity index (χ1v) is 5.45. The van der Waals surface area contributed by atoms with Gasteiger partial charge in [-0.05, 0) is 31.3 Å². The standard InChI is InChI=1S/C11H14N2O3S/c1-7(14)9(10(15)16)13-11(17)12-8-5-3-2-4-6-8/h2-7,9,14H,1H3,(H,15,16)(H2,12,13,17)/t7-,9-/m1/s1. The van der Waals surface area contributed by atoms with E-state index in [-0.39, 0.29) is 5.11 Å². The SMILES string of the molecule is C[C@@H](O)[C@@H](NC(=S)Nc1ccccc1)C(=O)O. The van der Waals surface area contributed by atoms with Crippen molar-refractivity contribution in [1.82, 2.24) is 5.32 Å². The van der Waals surface area contributed by atoms with Gasteiger partial charge in [-0.1, -0.05) is 18.2 Å². The summed E-state index contributed by atoms with van der Waals surface area (Å²) in [4.78, 5) is 10.8. The molecule has 1 rings (SSSR count). The molecule has 0 saturated carbocycles. The second-order valence-electron chi connectivity index (χ2n) is 3.52. The fourth-order valence-corrected chi connectivity index (χ4v) is 1.46. The van der Waals surface area contributed by atoms with E-state index in [1.807, 2.05) is 18.2 Å². The van der Waals surface area contributed by atoms with E-state index in [2.05, 4.69) is 10.6 Å². The molecule has 92 valence electrons. The quantitative estimate of drug-likeness (QED) is 0.595. The van der Waals surface area contributed by atoms with Crippen LogP contribution in [0.2, 0.25) is 0 Å². The van der Waals surface area contributed by atoms with Gasteiger partial charge in [0.2, 0.25) is 0 Å². The predicted octanol–water partition coefficient (Wildman–Crippen LogP) is 0.807. The Bertz CT molecular complexity index is 395. The Kier molecular flexibility index (Phi) is 4.86. The number of aliphatic carboxylic acids is 1. The summed E-state index contributed by atoms with van der Waals surface area (Å²) in [6.07, 6.45) is -1.04. The zero-order chi connectivity index (χ0) is 12.8. The highest BCUT2D eigenvalue weighted by Gasteiger charge is 2.23. The number of rotatable bonds is 4. The van der Waals surface area contributed by atoms with Crippen molar-refractivity contribution in [2.45, 2.75) is 19.1 Å². The smallest absolute Gasteiger partial charge is 0.328 e. The van der Waals surface area contributed by atoms with Gasteiger partial charge < -0.3 is 20.8 Å². The number of carboxylic acids is 1. The minimum absolute atomic E-state index is 0.157. The van der Waals surface area contributed by atoms with Crippen LogP contribution in [0.5, 0.6) is 0 Å². The van der Waals surface area contributed by atoms with Crippen LogP contribution in [-0.4, -0.2) is 33.4 Å². The van der Waals surface area contributed by atoms with Crippen molar-refractivity contribution in [3.63, 3.8) is 0 Å². The first kappa shape index (κ1) is 13.4. The van der Waals surface area contributed by atoms with Crippen molar-refractivity contribution in [3.05, 3.63) is 30.3 Å². The topological polar surface area (TPSA) is 81.6 Å². The number of thiocarbonyl (C=S) groups is 1. The van der Waals surface area contributed by atoms with E-state index in [9.17, 15) is 9.90 Å². The number of hydrogen-bond acceptors (Lipinski definition) is 3. The third-order valence-electron chi connectivity index (χ3n) is 2.07. The number of anilines is 1. The van der Waals surface area contributed by atoms with Crippen molar-refractivity contribution in [2.75, 3.05) is 5.32 Å². The highest BCUT2D eigenvalue weighted by Crippen LogP contribution is 2.05. The van der Waals surface area contributed by atoms with Gasteiger partial charge >= 0.3 is 5.97 Å². The molecule has 0 amide bonds. The molecule has 6 heteroatoms. The molecule has 0 aliphatic carbocycles. The van der Waals surface area contributed by atoms with E-state index < -0.39 is 18.1 Å². The molecule has 2 atom stereocenters. The Morgan fingerprint density at radius 3 is 2.41 bits per heavy atom. The van der Waals surface area contributed by atoms with Crippen LogP contribution in [0.3, 0.4) is 0 Å². The molecule has 0 aromatic heterocycles. The lowest BCUT2D eigenvalue weighted by Gasteiger charge is -2.19. The molecule has 0 spiro atoms. The van der Waals surface area contributed by atoms with Gasteiger partial charge in [0.25, 0.3) is 0 Å². The summed E-state index contributed by atoms with van der Waals surface area (Å²) in [6.45, 7) is 1.39. The van der Waals surface area contributed by atoms with Crippen LogP contribution in [0.1, 0.15) is 6.92 Å². The summed E-state index contributed by atoms with van der Waals surface area (Å²) in [6, 6.07) is 7.98. The lowest BCUT2D eigenvalue weighted by Crippen LogP contribution is -2.49. The molecule has 0 fully saturated rings. The molecule has 5 nitrogen and oxygen atoms in total. The average Bonchev–Trinajstić information content (AvgIpc) is 2.26. The van der Waals surface area contributed by atoms with Gasteiger partial charge in [-0.3, -0.25) is 0 Å². The van der Waals surface area contributed by atoms with Gasteiger partial charge in [0.1, 0.15) is 0 Å². The number of para-hydroxylation sites is 1. The number of aliphatic hydroxyl groups is 1. The molecule has 17 heavy (non-hydrogen) atoms. The second kappa shape index (κ2) is 6.17. The van der Waals surface area contributed by atoms with Crippen molar-refractivity contribution in [1.29, 1.82) is 0 Å². The van der Waals surface area contributed by atoms with Crippen molar-refractivity contribution >= 4 is 29.0 Å². The number of carbonyl (C=O) groups is 1. The lowest BCUT2D eigenvalue weighted by molar-refractivity contribution is -0.141. The van der Waals surface area contributed by atoms with E-state index >= 15 is 0 Å². The second-order valence-corrected chi connectivity index (χ2v) is 3.93. The molecular formula is C11H14N2O3S. The van der Waals surface area contributed by atoms with Gasteiger partial charge in [0.05, 0.1) is 6.10 Å². The highest BCUT2D eigenvalue weighted by molar-refractivity contribution is 7.80. The summed E-state index contributed by atoms with van der Waals surface area (Å²) in [5.74, 6) is -1.16. The monoisotopic (exact) mass is 254 g/mol. The molecule has 0 radical (unpaired) electrons. The summed E-state index contributed by atoms with van der Waals surface area (Å²) >= 11 is 4.95. The minimum Gasteiger partial charge on any atom is -0.480 e. The van der Waals surface area contributed by atoms with Gasteiger partial charge in [-0.15, -0.1) is 0 Å². The van der Waals surface area contributed by atoms with Crippen LogP contribution in [-0.2, 0) is 4.79 Å². The van der Waals surface area contributed by atoms with Crippen molar-refractivity contribution in [2.24, 2.45) is 0 Å². The van der Waals surface area contributed by atoms with Crippen molar-refractivity contribution in [3.8, 4) is 0 Å². The Morgan fingerprint density at radius 1 is 1.35 bits per heavy atom. The molecule has 1 aromatic rings. The zero-order valence-electron chi connectivity index (χ0n) is 9.25. The molecule has 0 saturated heterocycles. The maximum absolute atomic E-state index is 10.8. The van der Waals surface area contributed by atoms with Crippen LogP contribution < -0.4 is 10.6 Å². The largest absolute Gasteiger partial charge is 0.480 e. The number of hydrogen-bond donors (Lipinski definition) is 4. The van der Waals surface area contributed by atoms with Crippen LogP contribution in [0, 0.1) is 0 Å². The fraction of sp³-hybridized carbons (Fsp3) is 0.273. The highest BCUT2D eigenvalue weighted by atomic mass is 32.1. The molecule has 0 heterocycles. The van der Waals surface area contributed by atoms with E-state index in [4.69, 9.17) is 17.3 Å². The molecule has 1 aromatic carbocycles. The van der Waals surface area contributed by atoms with Gasteiger partial charge in [0, 0.05) is 5.69 Å². The maximum Gasteiger partial charge on any atom is 0.328 e. The summed E-state index contributed by atoms with van der Waals surface area (Å²) in [5.41, 5.74) is 0.750. The fourth-order valence-electron chi connectivity index (χ4n) is 1.22. The Balaban J connectivity index is 2.57. The van der Waals surface area contributed by atoms with Crippen LogP contribution in [0.25, 0.3) is 0 Å². The lowest BCUT2D eigenvalue weighted by atomic mass is 10.2. The third kappa shape index (κ3) is 4.38. The number of benzene rings is 1. The third-order valence-corrected chi connectivity index (χ3v) is 2.29. The average molecular weight is 254 g/mol. The number of nitrogens with one attached hydrogen (secondary N) is 2. The summed E-state index contributed by atoms with van der Waals surface area (Å²) in [5, 5.41) is 23.6. The van der Waals surface area contributed by atoms with E-state index in [0.29, 0.717) is 0 Å². The first-order valence-electron chi connectivity index (χ1n) is 5.04.